The molecule has 2 aromatic rings. The number of nitrogens with two attached hydrogens (primary N) is 1. The number of rotatable bonds is 3. The number of hydrogen-bond acceptors (Lipinski definition) is 3. The molecule has 2 fully saturated rings. The van der Waals surface area contributed by atoms with Crippen LogP contribution in [0.15, 0.2) is 35.7 Å². The second kappa shape index (κ2) is 5.21. The predicted molar refractivity (Wildman–Crippen MR) is 90.0 cm³/mol. The molecule has 22 heavy (non-hydrogen) atoms. The van der Waals surface area contributed by atoms with E-state index in [2.05, 4.69) is 25.1 Å². The Kier molecular flexibility index (Phi) is 3.31. The van der Waals surface area contributed by atoms with Crippen molar-refractivity contribution in [2.24, 2.45) is 17.6 Å². The summed E-state index contributed by atoms with van der Waals surface area (Å²) >= 11 is 1.64. The molecule has 1 aromatic heterocycles. The van der Waals surface area contributed by atoms with Crippen molar-refractivity contribution in [1.82, 2.24) is 4.90 Å². The van der Waals surface area contributed by atoms with Crippen molar-refractivity contribution >= 4 is 17.2 Å². The van der Waals surface area contributed by atoms with Crippen molar-refractivity contribution in [3.8, 4) is 10.4 Å². The minimum absolute atomic E-state index is 0.153. The number of aryl methyl sites for hydroxylation is 1. The van der Waals surface area contributed by atoms with Gasteiger partial charge in [-0.15, -0.1) is 11.3 Å². The van der Waals surface area contributed by atoms with Gasteiger partial charge >= 0.3 is 0 Å². The largest absolute Gasteiger partial charge is 0.334 e. The van der Waals surface area contributed by atoms with E-state index in [0.29, 0.717) is 18.4 Å². The quantitative estimate of drug-likeness (QED) is 0.946. The number of hydrogen-bond donors (Lipinski definition) is 1. The van der Waals surface area contributed by atoms with Crippen LogP contribution in [-0.2, 0) is 0 Å². The smallest absolute Gasteiger partial charge is 0.255 e. The molecule has 1 saturated carbocycles. The monoisotopic (exact) mass is 312 g/mol. The molecule has 1 aliphatic heterocycles. The number of nitrogens with zero attached hydrogens (tertiary/aromatic N) is 1. The molecule has 0 bridgehead atoms. The Balaban J connectivity index is 1.66. The highest BCUT2D eigenvalue weighted by atomic mass is 32.1. The van der Waals surface area contributed by atoms with Crippen LogP contribution in [0.25, 0.3) is 10.4 Å². The minimum atomic E-state index is 0.153. The van der Waals surface area contributed by atoms with E-state index >= 15 is 0 Å². The zero-order valence-corrected chi connectivity index (χ0v) is 13.5. The molecule has 1 unspecified atom stereocenters. The zero-order chi connectivity index (χ0) is 15.3. The van der Waals surface area contributed by atoms with E-state index in [9.17, 15) is 4.79 Å². The van der Waals surface area contributed by atoms with Gasteiger partial charge in [-0.1, -0.05) is 29.8 Å². The normalized spacial score (nSPS) is 26.1. The highest BCUT2D eigenvalue weighted by Gasteiger charge is 2.53. The van der Waals surface area contributed by atoms with Gasteiger partial charge in [0.15, 0.2) is 0 Å². The molecule has 4 heteroatoms. The molecule has 1 aromatic carbocycles. The maximum Gasteiger partial charge on any atom is 0.255 e. The predicted octanol–water partition coefficient (Wildman–Crippen LogP) is 3.14. The first-order valence-corrected chi connectivity index (χ1v) is 8.72. The Morgan fingerprint density at radius 1 is 1.41 bits per heavy atom. The highest BCUT2D eigenvalue weighted by Crippen LogP contribution is 2.49. The Bertz CT molecular complexity index is 723. The van der Waals surface area contributed by atoms with E-state index in [1.807, 2.05) is 22.4 Å². The molecule has 2 N–H and O–H groups in total. The topological polar surface area (TPSA) is 46.3 Å². The van der Waals surface area contributed by atoms with Gasteiger partial charge in [0, 0.05) is 24.0 Å². The molecule has 1 saturated heterocycles. The maximum absolute atomic E-state index is 13.0. The number of thiophene rings is 1. The van der Waals surface area contributed by atoms with Crippen molar-refractivity contribution in [3.63, 3.8) is 0 Å². The van der Waals surface area contributed by atoms with Crippen LogP contribution in [0.4, 0.5) is 0 Å². The molecule has 2 aliphatic rings. The zero-order valence-electron chi connectivity index (χ0n) is 12.7. The van der Waals surface area contributed by atoms with Gasteiger partial charge in [-0.25, -0.2) is 0 Å². The number of piperidine rings is 1. The fourth-order valence-corrected chi connectivity index (χ4v) is 4.63. The number of likely N-dealkylation sites (tertiary alicyclic amines) is 1. The van der Waals surface area contributed by atoms with E-state index in [4.69, 9.17) is 5.73 Å². The lowest BCUT2D eigenvalue weighted by Crippen LogP contribution is -2.42. The first-order chi connectivity index (χ1) is 10.7. The molecular formula is C18H20N2OS. The van der Waals surface area contributed by atoms with Gasteiger partial charge in [0.2, 0.25) is 0 Å². The Labute approximate surface area is 134 Å². The first-order valence-electron chi connectivity index (χ1n) is 7.84. The summed E-state index contributed by atoms with van der Waals surface area (Å²) in [4.78, 5) is 16.1. The van der Waals surface area contributed by atoms with Gasteiger partial charge in [-0.3, -0.25) is 4.79 Å². The summed E-state index contributed by atoms with van der Waals surface area (Å²) in [5, 5.41) is 2.01. The van der Waals surface area contributed by atoms with Crippen molar-refractivity contribution in [2.45, 2.75) is 19.4 Å². The van der Waals surface area contributed by atoms with Crippen molar-refractivity contribution in [1.29, 1.82) is 0 Å². The summed E-state index contributed by atoms with van der Waals surface area (Å²) < 4.78 is 0. The summed E-state index contributed by atoms with van der Waals surface area (Å²) in [6.07, 6.45) is 1.25. The highest BCUT2D eigenvalue weighted by molar-refractivity contribution is 7.14. The molecule has 3 nitrogen and oxygen atoms in total. The van der Waals surface area contributed by atoms with Gasteiger partial charge in [0.1, 0.15) is 0 Å². The standard InChI is InChI=1S/C18H20N2OS/c1-11-3-2-4-12(7-11)17-14(5-6-22-17)18(21)20-10-13-8-15(13)16(20)9-19/h2-7,13,15-16H,8-10,19H2,1H3/t13?,15-,16+/m0/s1. The molecule has 0 radical (unpaired) electrons. The number of amides is 1. The van der Waals surface area contributed by atoms with Gasteiger partial charge in [0.25, 0.3) is 5.91 Å². The van der Waals surface area contributed by atoms with Crippen molar-refractivity contribution in [2.75, 3.05) is 13.1 Å². The summed E-state index contributed by atoms with van der Waals surface area (Å²) in [6, 6.07) is 10.6. The average molecular weight is 312 g/mol. The van der Waals surface area contributed by atoms with Crippen LogP contribution in [0, 0.1) is 18.8 Å². The molecule has 0 spiro atoms. The van der Waals surface area contributed by atoms with Gasteiger partial charge in [0.05, 0.1) is 5.56 Å². The third-order valence-electron chi connectivity index (χ3n) is 4.98. The Hall–Kier alpha value is -1.65. The summed E-state index contributed by atoms with van der Waals surface area (Å²) in [7, 11) is 0. The van der Waals surface area contributed by atoms with E-state index < -0.39 is 0 Å². The molecule has 114 valence electrons. The number of carbonyl (C=O) groups is 1. The van der Waals surface area contributed by atoms with Gasteiger partial charge in [-0.05, 0) is 42.2 Å². The number of benzene rings is 1. The number of carbonyl (C=O) groups excluding carboxylic acids is 1. The van der Waals surface area contributed by atoms with E-state index in [1.54, 1.807) is 11.3 Å². The van der Waals surface area contributed by atoms with Crippen LogP contribution in [0.3, 0.4) is 0 Å². The second-order valence-corrected chi connectivity index (χ2v) is 7.37. The third kappa shape index (κ3) is 2.18. The van der Waals surface area contributed by atoms with Gasteiger partial charge in [-0.2, -0.15) is 0 Å². The van der Waals surface area contributed by atoms with Crippen molar-refractivity contribution < 1.29 is 4.79 Å². The lowest BCUT2D eigenvalue weighted by atomic mass is 10.1. The summed E-state index contributed by atoms with van der Waals surface area (Å²) in [5.41, 5.74) is 9.09. The number of fused-ring (bicyclic) bond motifs is 1. The fourth-order valence-electron chi connectivity index (χ4n) is 3.75. The van der Waals surface area contributed by atoms with Crippen molar-refractivity contribution in [3.05, 3.63) is 46.8 Å². The maximum atomic E-state index is 13.0. The average Bonchev–Trinajstić information content (AvgIpc) is 2.99. The van der Waals surface area contributed by atoms with Crippen LogP contribution >= 0.6 is 11.3 Å². The van der Waals surface area contributed by atoms with Crippen LogP contribution in [-0.4, -0.2) is 29.9 Å². The Morgan fingerprint density at radius 2 is 2.27 bits per heavy atom. The summed E-state index contributed by atoms with van der Waals surface area (Å²) in [6.45, 7) is 3.54. The van der Waals surface area contributed by atoms with Crippen LogP contribution < -0.4 is 5.73 Å². The summed E-state index contributed by atoms with van der Waals surface area (Å²) in [5.74, 6) is 1.49. The fraction of sp³-hybridized carbons (Fsp3) is 0.389. The first kappa shape index (κ1) is 14.0. The molecule has 2 heterocycles. The van der Waals surface area contributed by atoms with Crippen LogP contribution in [0.2, 0.25) is 0 Å². The Morgan fingerprint density at radius 3 is 3.05 bits per heavy atom. The second-order valence-electron chi connectivity index (χ2n) is 6.45. The third-order valence-corrected chi connectivity index (χ3v) is 5.94. The lowest BCUT2D eigenvalue weighted by Gasteiger charge is -2.26. The van der Waals surface area contributed by atoms with E-state index in [0.717, 1.165) is 22.5 Å². The minimum Gasteiger partial charge on any atom is -0.334 e. The molecule has 3 atom stereocenters. The SMILES string of the molecule is Cc1cccc(-c2sccc2C(=O)N2CC3C[C@@H]3[C@H]2CN)c1. The molecular weight excluding hydrogens is 292 g/mol. The molecule has 1 aliphatic carbocycles. The van der Waals surface area contributed by atoms with Gasteiger partial charge < -0.3 is 10.6 Å². The van der Waals surface area contributed by atoms with E-state index in [-0.39, 0.29) is 11.9 Å². The van der Waals surface area contributed by atoms with E-state index in [1.165, 1.54) is 12.0 Å². The van der Waals surface area contributed by atoms with Crippen LogP contribution in [0.1, 0.15) is 22.3 Å². The molecule has 4 rings (SSSR count). The lowest BCUT2D eigenvalue weighted by molar-refractivity contribution is 0.0713. The van der Waals surface area contributed by atoms with Crippen LogP contribution in [0.5, 0.6) is 0 Å². The molecule has 1 amide bonds.